The van der Waals surface area contributed by atoms with Crippen molar-refractivity contribution in [2.45, 2.75) is 26.3 Å². The highest BCUT2D eigenvalue weighted by Crippen LogP contribution is 2.26. The molecule has 0 aliphatic carbocycles. The number of hydrogen-bond donors (Lipinski definition) is 2. The lowest BCUT2D eigenvalue weighted by atomic mass is 10.00. The molecule has 7 heteroatoms. The molecule has 5 nitrogen and oxygen atoms in total. The van der Waals surface area contributed by atoms with Crippen molar-refractivity contribution in [2.24, 2.45) is 0 Å². The van der Waals surface area contributed by atoms with Gasteiger partial charge in [-0.3, -0.25) is 9.59 Å². The standard InChI is InChI=1S/C21H24FN3O2.ClH/c1-3-15-4-6-16(7-5-15)20-13-23-10-11-25(20)21(27)17-8-9-18(22)19(12-17)24-14(2)26;/h4-9,12,20,23H,3,10-11,13H2,1-2H3,(H,24,26);1H. The van der Waals surface area contributed by atoms with E-state index >= 15 is 0 Å². The van der Waals surface area contributed by atoms with Gasteiger partial charge in [-0.25, -0.2) is 4.39 Å². The summed E-state index contributed by atoms with van der Waals surface area (Å²) < 4.78 is 13.9. The van der Waals surface area contributed by atoms with Gasteiger partial charge in [0.2, 0.25) is 5.91 Å². The minimum absolute atomic E-state index is 0. The summed E-state index contributed by atoms with van der Waals surface area (Å²) >= 11 is 0. The molecule has 2 N–H and O–H groups in total. The van der Waals surface area contributed by atoms with Crippen LogP contribution >= 0.6 is 12.4 Å². The molecule has 0 bridgehead atoms. The van der Waals surface area contributed by atoms with Gasteiger partial charge in [0.1, 0.15) is 5.82 Å². The molecule has 2 aromatic carbocycles. The zero-order valence-corrected chi connectivity index (χ0v) is 16.8. The van der Waals surface area contributed by atoms with Gasteiger partial charge < -0.3 is 15.5 Å². The lowest BCUT2D eigenvalue weighted by Crippen LogP contribution is -2.48. The van der Waals surface area contributed by atoms with Gasteiger partial charge in [-0.05, 0) is 35.7 Å². The molecular weight excluding hydrogens is 381 g/mol. The fraction of sp³-hybridized carbons (Fsp3) is 0.333. The number of nitrogens with zero attached hydrogens (tertiary/aromatic N) is 1. The Balaban J connectivity index is 0.00000280. The molecule has 2 amide bonds. The Hall–Kier alpha value is -2.44. The molecule has 0 saturated carbocycles. The van der Waals surface area contributed by atoms with Crippen LogP contribution in [0.3, 0.4) is 0 Å². The molecule has 28 heavy (non-hydrogen) atoms. The molecule has 0 spiro atoms. The highest BCUT2D eigenvalue weighted by Gasteiger charge is 2.29. The molecule has 1 fully saturated rings. The van der Waals surface area contributed by atoms with E-state index in [1.807, 2.05) is 4.90 Å². The molecule has 1 aliphatic rings. The molecule has 150 valence electrons. The van der Waals surface area contributed by atoms with Crippen LogP contribution in [0.2, 0.25) is 0 Å². The normalized spacial score (nSPS) is 16.2. The molecular formula is C21H25ClFN3O2. The Morgan fingerprint density at radius 3 is 2.57 bits per heavy atom. The number of piperazine rings is 1. The van der Waals surface area contributed by atoms with Crippen molar-refractivity contribution < 1.29 is 14.0 Å². The highest BCUT2D eigenvalue weighted by molar-refractivity contribution is 5.97. The van der Waals surface area contributed by atoms with Gasteiger partial charge in [-0.2, -0.15) is 0 Å². The van der Waals surface area contributed by atoms with E-state index in [1.54, 1.807) is 0 Å². The summed E-state index contributed by atoms with van der Waals surface area (Å²) in [5.41, 5.74) is 2.69. The minimum atomic E-state index is -0.561. The van der Waals surface area contributed by atoms with Crippen LogP contribution in [0.5, 0.6) is 0 Å². The second-order valence-corrected chi connectivity index (χ2v) is 6.69. The minimum Gasteiger partial charge on any atom is -0.329 e. The fourth-order valence-electron chi connectivity index (χ4n) is 3.33. The summed E-state index contributed by atoms with van der Waals surface area (Å²) in [4.78, 5) is 26.2. The number of carbonyl (C=O) groups excluding carboxylic acids is 2. The van der Waals surface area contributed by atoms with Gasteiger partial charge in [-0.1, -0.05) is 31.2 Å². The van der Waals surface area contributed by atoms with Crippen molar-refractivity contribution in [3.8, 4) is 0 Å². The van der Waals surface area contributed by atoms with Gasteiger partial charge in [0, 0.05) is 32.1 Å². The summed E-state index contributed by atoms with van der Waals surface area (Å²) in [6, 6.07) is 12.3. The van der Waals surface area contributed by atoms with Crippen molar-refractivity contribution >= 4 is 29.9 Å². The van der Waals surface area contributed by atoms with Crippen LogP contribution in [0.25, 0.3) is 0 Å². The molecule has 3 rings (SSSR count). The summed E-state index contributed by atoms with van der Waals surface area (Å²) in [6.45, 7) is 5.34. The van der Waals surface area contributed by atoms with Crippen molar-refractivity contribution in [1.29, 1.82) is 0 Å². The smallest absolute Gasteiger partial charge is 0.254 e. The van der Waals surface area contributed by atoms with Gasteiger partial charge in [0.25, 0.3) is 5.91 Å². The summed E-state index contributed by atoms with van der Waals surface area (Å²) in [5.74, 6) is -1.11. The maximum atomic E-state index is 13.9. The third kappa shape index (κ3) is 4.88. The number of benzene rings is 2. The lowest BCUT2D eigenvalue weighted by molar-refractivity contribution is -0.114. The monoisotopic (exact) mass is 405 g/mol. The van der Waals surface area contributed by atoms with E-state index < -0.39 is 5.82 Å². The SMILES string of the molecule is CCc1ccc(C2CNCCN2C(=O)c2ccc(F)c(NC(C)=O)c2)cc1.Cl. The van der Waals surface area contributed by atoms with Crippen molar-refractivity contribution in [2.75, 3.05) is 25.0 Å². The van der Waals surface area contributed by atoms with Crippen LogP contribution in [0.15, 0.2) is 42.5 Å². The first kappa shape index (κ1) is 21.9. The van der Waals surface area contributed by atoms with Crippen LogP contribution in [0, 0.1) is 5.82 Å². The average molecular weight is 406 g/mol. The largest absolute Gasteiger partial charge is 0.329 e. The number of halogens is 2. The first-order chi connectivity index (χ1) is 13.0. The number of hydrogen-bond acceptors (Lipinski definition) is 3. The van der Waals surface area contributed by atoms with E-state index in [0.717, 1.165) is 12.0 Å². The summed E-state index contributed by atoms with van der Waals surface area (Å²) in [6.07, 6.45) is 0.966. The van der Waals surface area contributed by atoms with Crippen LogP contribution < -0.4 is 10.6 Å². The Morgan fingerprint density at radius 1 is 1.21 bits per heavy atom. The van der Waals surface area contributed by atoms with E-state index in [1.165, 1.54) is 30.7 Å². The summed E-state index contributed by atoms with van der Waals surface area (Å²) in [5, 5.41) is 5.76. The number of nitrogens with one attached hydrogen (secondary N) is 2. The maximum Gasteiger partial charge on any atom is 0.254 e. The average Bonchev–Trinajstić information content (AvgIpc) is 2.69. The van der Waals surface area contributed by atoms with Gasteiger partial charge in [-0.15, -0.1) is 12.4 Å². The number of aryl methyl sites for hydroxylation is 1. The number of anilines is 1. The van der Waals surface area contributed by atoms with Gasteiger partial charge in [0.15, 0.2) is 0 Å². The van der Waals surface area contributed by atoms with Crippen LogP contribution in [-0.4, -0.2) is 36.3 Å². The van der Waals surface area contributed by atoms with E-state index in [2.05, 4.69) is 41.8 Å². The maximum absolute atomic E-state index is 13.9. The number of rotatable bonds is 4. The van der Waals surface area contributed by atoms with Gasteiger partial charge >= 0.3 is 0 Å². The quantitative estimate of drug-likeness (QED) is 0.817. The Morgan fingerprint density at radius 2 is 1.93 bits per heavy atom. The van der Waals surface area contributed by atoms with Crippen molar-refractivity contribution in [3.05, 3.63) is 65.0 Å². The van der Waals surface area contributed by atoms with E-state index in [-0.39, 0.29) is 36.0 Å². The van der Waals surface area contributed by atoms with Crippen molar-refractivity contribution in [1.82, 2.24) is 10.2 Å². The Bertz CT molecular complexity index is 842. The second kappa shape index (κ2) is 9.66. The number of amides is 2. The van der Waals surface area contributed by atoms with Crippen molar-refractivity contribution in [3.63, 3.8) is 0 Å². The van der Waals surface area contributed by atoms with Gasteiger partial charge in [0.05, 0.1) is 11.7 Å². The third-order valence-corrected chi connectivity index (χ3v) is 4.80. The molecule has 2 aromatic rings. The molecule has 0 radical (unpaired) electrons. The first-order valence-corrected chi connectivity index (χ1v) is 9.17. The third-order valence-electron chi connectivity index (χ3n) is 4.80. The van der Waals surface area contributed by atoms with Crippen LogP contribution in [-0.2, 0) is 11.2 Å². The fourth-order valence-corrected chi connectivity index (χ4v) is 3.33. The Labute approximate surface area is 170 Å². The molecule has 1 heterocycles. The Kier molecular flexibility index (Phi) is 7.54. The zero-order chi connectivity index (χ0) is 19.4. The highest BCUT2D eigenvalue weighted by atomic mass is 35.5. The zero-order valence-electron chi connectivity index (χ0n) is 16.0. The first-order valence-electron chi connectivity index (χ1n) is 9.17. The molecule has 0 aromatic heterocycles. The molecule has 1 atom stereocenters. The van der Waals surface area contributed by atoms with E-state index in [9.17, 15) is 14.0 Å². The number of carbonyl (C=O) groups is 2. The second-order valence-electron chi connectivity index (χ2n) is 6.69. The lowest BCUT2D eigenvalue weighted by Gasteiger charge is -2.36. The molecule has 1 unspecified atom stereocenters. The topological polar surface area (TPSA) is 61.4 Å². The predicted octanol–water partition coefficient (Wildman–Crippen LogP) is 3.56. The van der Waals surface area contributed by atoms with E-state index in [4.69, 9.17) is 0 Å². The predicted molar refractivity (Wildman–Crippen MR) is 110 cm³/mol. The molecule has 1 aliphatic heterocycles. The molecule has 1 saturated heterocycles. The van der Waals surface area contributed by atoms with E-state index in [0.29, 0.717) is 25.2 Å². The van der Waals surface area contributed by atoms with Crippen LogP contribution in [0.4, 0.5) is 10.1 Å². The summed E-state index contributed by atoms with van der Waals surface area (Å²) in [7, 11) is 0. The van der Waals surface area contributed by atoms with Crippen LogP contribution in [0.1, 0.15) is 41.4 Å².